The summed E-state index contributed by atoms with van der Waals surface area (Å²) in [5.74, 6) is 1.10. The Balaban J connectivity index is 1.38. The minimum absolute atomic E-state index is 0.0630. The third-order valence-electron chi connectivity index (χ3n) is 5.37. The average molecular weight is 389 g/mol. The minimum Gasteiger partial charge on any atom is -0.453 e. The van der Waals surface area contributed by atoms with Gasteiger partial charge in [-0.15, -0.1) is 0 Å². The number of carbonyl (C=O) groups is 1. The molecule has 0 aromatic heterocycles. The van der Waals surface area contributed by atoms with Gasteiger partial charge in [0.15, 0.2) is 11.5 Å². The van der Waals surface area contributed by atoms with Gasteiger partial charge in [-0.2, -0.15) is 0 Å². The van der Waals surface area contributed by atoms with Crippen LogP contribution >= 0.6 is 0 Å². The highest BCUT2D eigenvalue weighted by atomic mass is 19.1. The van der Waals surface area contributed by atoms with Gasteiger partial charge in [-0.3, -0.25) is 4.90 Å². The first kappa shape index (κ1) is 17.6. The van der Waals surface area contributed by atoms with E-state index in [4.69, 9.17) is 4.74 Å². The summed E-state index contributed by atoms with van der Waals surface area (Å²) in [6, 6.07) is 21.6. The van der Waals surface area contributed by atoms with Crippen molar-refractivity contribution in [3.63, 3.8) is 0 Å². The average Bonchev–Trinajstić information content (AvgIpc) is 2.77. The molecular formula is C23H20FN3O2. The number of nitrogens with zero attached hydrogens (tertiary/aromatic N) is 3. The standard InChI is InChI=1S/C23H20FN3O2/c24-17-9-11-18(12-10-17)25-13-15-26(16-14-25)23(28)27-19-5-1-3-7-21(19)29-22-8-4-2-6-20(22)27/h1-12H,13-16H2. The second-order valence-corrected chi connectivity index (χ2v) is 7.11. The third-order valence-corrected chi connectivity index (χ3v) is 5.37. The van der Waals surface area contributed by atoms with Crippen molar-refractivity contribution in [3.05, 3.63) is 78.6 Å². The van der Waals surface area contributed by atoms with E-state index < -0.39 is 0 Å². The normalized spacial score (nSPS) is 15.4. The SMILES string of the molecule is O=C(N1CCN(c2ccc(F)cc2)CC1)N1c2ccccc2Oc2ccccc21. The predicted molar refractivity (Wildman–Crippen MR) is 111 cm³/mol. The molecule has 0 atom stereocenters. The predicted octanol–water partition coefficient (Wildman–Crippen LogP) is 5.01. The van der Waals surface area contributed by atoms with Gasteiger partial charge in [-0.1, -0.05) is 24.3 Å². The van der Waals surface area contributed by atoms with Crippen LogP contribution in [0.2, 0.25) is 0 Å². The Morgan fingerprint density at radius 1 is 0.759 bits per heavy atom. The van der Waals surface area contributed by atoms with Crippen molar-refractivity contribution >= 4 is 23.1 Å². The van der Waals surface area contributed by atoms with E-state index in [0.29, 0.717) is 37.7 Å². The van der Waals surface area contributed by atoms with Crippen LogP contribution in [0.1, 0.15) is 0 Å². The number of hydrogen-bond acceptors (Lipinski definition) is 3. The van der Waals surface area contributed by atoms with Gasteiger partial charge in [0.1, 0.15) is 5.82 Å². The van der Waals surface area contributed by atoms with Crippen molar-refractivity contribution in [2.75, 3.05) is 36.0 Å². The van der Waals surface area contributed by atoms with Gasteiger partial charge in [0.05, 0.1) is 11.4 Å². The third kappa shape index (κ3) is 3.16. The fraction of sp³-hybridized carbons (Fsp3) is 0.174. The zero-order valence-corrected chi connectivity index (χ0v) is 15.8. The molecule has 1 saturated heterocycles. The van der Waals surface area contributed by atoms with Crippen molar-refractivity contribution in [1.82, 2.24) is 4.90 Å². The molecule has 0 spiro atoms. The summed E-state index contributed by atoms with van der Waals surface area (Å²) in [7, 11) is 0. The number of urea groups is 1. The van der Waals surface area contributed by atoms with E-state index in [-0.39, 0.29) is 11.8 Å². The topological polar surface area (TPSA) is 36.0 Å². The van der Waals surface area contributed by atoms with Gasteiger partial charge in [0.2, 0.25) is 0 Å². The second kappa shape index (κ2) is 7.13. The van der Waals surface area contributed by atoms with Gasteiger partial charge < -0.3 is 14.5 Å². The van der Waals surface area contributed by atoms with E-state index in [1.54, 1.807) is 17.0 Å². The number of halogens is 1. The van der Waals surface area contributed by atoms with Crippen LogP contribution in [0.25, 0.3) is 0 Å². The molecule has 5 rings (SSSR count). The molecule has 3 aromatic rings. The maximum atomic E-state index is 13.5. The van der Waals surface area contributed by atoms with Crippen molar-refractivity contribution in [1.29, 1.82) is 0 Å². The molecule has 0 saturated carbocycles. The van der Waals surface area contributed by atoms with Crippen molar-refractivity contribution in [3.8, 4) is 11.5 Å². The molecule has 0 unspecified atom stereocenters. The molecular weight excluding hydrogens is 369 g/mol. The number of rotatable bonds is 1. The summed E-state index contributed by atoms with van der Waals surface area (Å²) in [6.45, 7) is 2.59. The van der Waals surface area contributed by atoms with Crippen LogP contribution in [-0.2, 0) is 0 Å². The van der Waals surface area contributed by atoms with E-state index in [1.165, 1.54) is 12.1 Å². The number of para-hydroxylation sites is 4. The highest BCUT2D eigenvalue weighted by molar-refractivity contribution is 6.03. The summed E-state index contributed by atoms with van der Waals surface area (Å²) < 4.78 is 19.2. The molecule has 2 aliphatic rings. The van der Waals surface area contributed by atoms with Crippen LogP contribution in [0.15, 0.2) is 72.8 Å². The van der Waals surface area contributed by atoms with Crippen molar-refractivity contribution in [2.45, 2.75) is 0 Å². The number of ether oxygens (including phenoxy) is 1. The summed E-state index contributed by atoms with van der Waals surface area (Å²) in [6.07, 6.45) is 0. The molecule has 5 nitrogen and oxygen atoms in total. The summed E-state index contributed by atoms with van der Waals surface area (Å²) in [4.78, 5) is 19.3. The van der Waals surface area contributed by atoms with Crippen LogP contribution in [-0.4, -0.2) is 37.1 Å². The number of amides is 2. The van der Waals surface area contributed by atoms with Gasteiger partial charge >= 0.3 is 6.03 Å². The molecule has 0 radical (unpaired) electrons. The van der Waals surface area contributed by atoms with Gasteiger partial charge in [-0.25, -0.2) is 9.18 Å². The summed E-state index contributed by atoms with van der Waals surface area (Å²) >= 11 is 0. The van der Waals surface area contributed by atoms with Crippen LogP contribution in [0.3, 0.4) is 0 Å². The Bertz CT molecular complexity index is 1000. The Labute approximate surface area is 168 Å². The van der Waals surface area contributed by atoms with E-state index in [9.17, 15) is 9.18 Å². The number of anilines is 3. The van der Waals surface area contributed by atoms with Crippen molar-refractivity contribution in [2.24, 2.45) is 0 Å². The first-order chi connectivity index (χ1) is 14.2. The van der Waals surface area contributed by atoms with Crippen LogP contribution in [0, 0.1) is 5.82 Å². The lowest BCUT2D eigenvalue weighted by molar-refractivity contribution is 0.203. The van der Waals surface area contributed by atoms with E-state index in [2.05, 4.69) is 4.90 Å². The van der Waals surface area contributed by atoms with E-state index >= 15 is 0 Å². The number of fused-ring (bicyclic) bond motifs is 2. The molecule has 1 fully saturated rings. The lowest BCUT2D eigenvalue weighted by Gasteiger charge is -2.40. The highest BCUT2D eigenvalue weighted by Crippen LogP contribution is 2.46. The summed E-state index contributed by atoms with van der Waals surface area (Å²) in [5, 5.41) is 0. The molecule has 2 aliphatic heterocycles. The molecule has 2 amide bonds. The number of piperazine rings is 1. The Morgan fingerprint density at radius 2 is 1.31 bits per heavy atom. The smallest absolute Gasteiger partial charge is 0.329 e. The monoisotopic (exact) mass is 389 g/mol. The van der Waals surface area contributed by atoms with Gasteiger partial charge in [0, 0.05) is 31.9 Å². The van der Waals surface area contributed by atoms with Gasteiger partial charge in [-0.05, 0) is 48.5 Å². The fourth-order valence-corrected chi connectivity index (χ4v) is 3.86. The maximum absolute atomic E-state index is 13.5. The zero-order chi connectivity index (χ0) is 19.8. The summed E-state index contributed by atoms with van der Waals surface area (Å²) in [5.41, 5.74) is 2.47. The molecule has 2 heterocycles. The Kier molecular flexibility index (Phi) is 4.31. The lowest BCUT2D eigenvalue weighted by Crippen LogP contribution is -2.52. The highest BCUT2D eigenvalue weighted by Gasteiger charge is 2.33. The largest absolute Gasteiger partial charge is 0.453 e. The molecule has 146 valence electrons. The minimum atomic E-state index is -0.243. The molecule has 0 aliphatic carbocycles. The van der Waals surface area contributed by atoms with Crippen LogP contribution < -0.4 is 14.5 Å². The van der Waals surface area contributed by atoms with E-state index in [1.807, 2.05) is 53.4 Å². The molecule has 29 heavy (non-hydrogen) atoms. The van der Waals surface area contributed by atoms with Crippen LogP contribution in [0.4, 0.5) is 26.2 Å². The van der Waals surface area contributed by atoms with Crippen molar-refractivity contribution < 1.29 is 13.9 Å². The Morgan fingerprint density at radius 3 is 1.90 bits per heavy atom. The van der Waals surface area contributed by atoms with Gasteiger partial charge in [0.25, 0.3) is 0 Å². The zero-order valence-electron chi connectivity index (χ0n) is 15.8. The number of hydrogen-bond donors (Lipinski definition) is 0. The fourth-order valence-electron chi connectivity index (χ4n) is 3.86. The molecule has 0 N–H and O–H groups in total. The molecule has 0 bridgehead atoms. The number of carbonyl (C=O) groups excluding carboxylic acids is 1. The second-order valence-electron chi connectivity index (χ2n) is 7.11. The quantitative estimate of drug-likeness (QED) is 0.587. The number of benzene rings is 3. The van der Waals surface area contributed by atoms with E-state index in [0.717, 1.165) is 17.1 Å². The van der Waals surface area contributed by atoms with Crippen LogP contribution in [0.5, 0.6) is 11.5 Å². The molecule has 3 aromatic carbocycles. The maximum Gasteiger partial charge on any atom is 0.329 e. The first-order valence-electron chi connectivity index (χ1n) is 9.66. The Hall–Kier alpha value is -3.54. The lowest BCUT2D eigenvalue weighted by atomic mass is 10.1. The first-order valence-corrected chi connectivity index (χ1v) is 9.66. The molecule has 6 heteroatoms.